The zero-order valence-electron chi connectivity index (χ0n) is 11.5. The molecule has 1 aromatic heterocycles. The zero-order valence-corrected chi connectivity index (χ0v) is 12.3. The minimum absolute atomic E-state index is 0.244. The van der Waals surface area contributed by atoms with E-state index in [0.717, 1.165) is 13.0 Å². The highest BCUT2D eigenvalue weighted by molar-refractivity contribution is 7.89. The van der Waals surface area contributed by atoms with Crippen LogP contribution in [-0.2, 0) is 16.6 Å². The van der Waals surface area contributed by atoms with Crippen molar-refractivity contribution in [2.24, 2.45) is 0 Å². The van der Waals surface area contributed by atoms with Crippen molar-refractivity contribution in [3.05, 3.63) is 42.5 Å². The topological polar surface area (TPSA) is 76.9 Å². The number of sulfonamides is 1. The van der Waals surface area contributed by atoms with Crippen LogP contribution in [0.15, 0.2) is 41.6 Å². The minimum atomic E-state index is -3.55. The zero-order chi connectivity index (χ0) is 14.6. The van der Waals surface area contributed by atoms with Gasteiger partial charge < -0.3 is 4.57 Å². The first-order chi connectivity index (χ1) is 9.54. The third kappa shape index (κ3) is 3.23. The fraction of sp³-hybridized carbons (Fsp3) is 0.385. The van der Waals surface area contributed by atoms with Crippen LogP contribution in [0.2, 0.25) is 0 Å². The SMILES string of the molecule is CCCn1cnnc1C(C)NS(=O)(=O)c1ccccc1. The van der Waals surface area contributed by atoms with Gasteiger partial charge in [-0.1, -0.05) is 25.1 Å². The van der Waals surface area contributed by atoms with Gasteiger partial charge in [0.15, 0.2) is 5.82 Å². The molecule has 1 aromatic carbocycles. The van der Waals surface area contributed by atoms with E-state index < -0.39 is 16.1 Å². The molecule has 0 fully saturated rings. The number of benzene rings is 1. The predicted molar refractivity (Wildman–Crippen MR) is 75.5 cm³/mol. The summed E-state index contributed by atoms with van der Waals surface area (Å²) in [4.78, 5) is 0.244. The van der Waals surface area contributed by atoms with Crippen LogP contribution in [0.4, 0.5) is 0 Å². The van der Waals surface area contributed by atoms with Crippen molar-refractivity contribution >= 4 is 10.0 Å². The Labute approximate surface area is 118 Å². The molecule has 0 amide bonds. The molecule has 0 spiro atoms. The van der Waals surface area contributed by atoms with E-state index in [-0.39, 0.29) is 4.90 Å². The first-order valence-electron chi connectivity index (χ1n) is 6.49. The molecule has 0 saturated carbocycles. The Morgan fingerprint density at radius 3 is 2.65 bits per heavy atom. The van der Waals surface area contributed by atoms with E-state index >= 15 is 0 Å². The summed E-state index contributed by atoms with van der Waals surface area (Å²) in [6.45, 7) is 4.57. The van der Waals surface area contributed by atoms with E-state index in [1.165, 1.54) is 0 Å². The summed E-state index contributed by atoms with van der Waals surface area (Å²) in [5.41, 5.74) is 0. The maximum absolute atomic E-state index is 12.2. The number of nitrogens with zero attached hydrogens (tertiary/aromatic N) is 3. The minimum Gasteiger partial charge on any atom is -0.316 e. The standard InChI is InChI=1S/C13H18N4O2S/c1-3-9-17-10-14-15-13(17)11(2)16-20(18,19)12-7-5-4-6-8-12/h4-8,10-11,16H,3,9H2,1-2H3. The third-order valence-electron chi connectivity index (χ3n) is 2.88. The third-order valence-corrected chi connectivity index (χ3v) is 4.44. The van der Waals surface area contributed by atoms with Gasteiger partial charge in [0.25, 0.3) is 0 Å². The summed E-state index contributed by atoms with van der Waals surface area (Å²) in [5, 5.41) is 7.84. The molecule has 0 aliphatic heterocycles. The average molecular weight is 294 g/mol. The highest BCUT2D eigenvalue weighted by Crippen LogP contribution is 2.15. The molecule has 20 heavy (non-hydrogen) atoms. The number of aromatic nitrogens is 3. The van der Waals surface area contributed by atoms with Gasteiger partial charge in [-0.3, -0.25) is 0 Å². The van der Waals surface area contributed by atoms with E-state index in [2.05, 4.69) is 14.9 Å². The Balaban J connectivity index is 2.19. The van der Waals surface area contributed by atoms with Crippen molar-refractivity contribution in [3.8, 4) is 0 Å². The van der Waals surface area contributed by atoms with Crippen LogP contribution in [0.25, 0.3) is 0 Å². The molecule has 6 nitrogen and oxygen atoms in total. The Kier molecular flexibility index (Phi) is 4.51. The van der Waals surface area contributed by atoms with Gasteiger partial charge in [0.05, 0.1) is 10.9 Å². The van der Waals surface area contributed by atoms with Gasteiger partial charge in [-0.2, -0.15) is 0 Å². The highest BCUT2D eigenvalue weighted by atomic mass is 32.2. The molecule has 1 atom stereocenters. The van der Waals surface area contributed by atoms with Crippen molar-refractivity contribution in [1.82, 2.24) is 19.5 Å². The van der Waals surface area contributed by atoms with Gasteiger partial charge in [-0.05, 0) is 25.5 Å². The van der Waals surface area contributed by atoms with Crippen molar-refractivity contribution in [3.63, 3.8) is 0 Å². The molecule has 108 valence electrons. The first kappa shape index (κ1) is 14.7. The van der Waals surface area contributed by atoms with Crippen LogP contribution in [0.5, 0.6) is 0 Å². The van der Waals surface area contributed by atoms with Crippen molar-refractivity contribution in [2.75, 3.05) is 0 Å². The summed E-state index contributed by atoms with van der Waals surface area (Å²) in [6.07, 6.45) is 2.55. The molecule has 2 aromatic rings. The second kappa shape index (κ2) is 6.15. The largest absolute Gasteiger partial charge is 0.316 e. The lowest BCUT2D eigenvalue weighted by Gasteiger charge is -2.14. The smallest absolute Gasteiger partial charge is 0.241 e. The summed E-state index contributed by atoms with van der Waals surface area (Å²) >= 11 is 0. The summed E-state index contributed by atoms with van der Waals surface area (Å²) in [5.74, 6) is 0.617. The molecule has 0 bridgehead atoms. The molecule has 0 saturated heterocycles. The van der Waals surface area contributed by atoms with E-state index in [1.54, 1.807) is 43.6 Å². The molecule has 0 aliphatic rings. The lowest BCUT2D eigenvalue weighted by molar-refractivity contribution is 0.539. The van der Waals surface area contributed by atoms with E-state index in [0.29, 0.717) is 5.82 Å². The van der Waals surface area contributed by atoms with Crippen LogP contribution in [0.1, 0.15) is 32.1 Å². The summed E-state index contributed by atoms with van der Waals surface area (Å²) in [6, 6.07) is 7.85. The fourth-order valence-electron chi connectivity index (χ4n) is 1.97. The maximum Gasteiger partial charge on any atom is 0.241 e. The first-order valence-corrected chi connectivity index (χ1v) is 7.98. The van der Waals surface area contributed by atoms with Crippen LogP contribution >= 0.6 is 0 Å². The number of hydrogen-bond acceptors (Lipinski definition) is 4. The summed E-state index contributed by atoms with van der Waals surface area (Å²) < 4.78 is 29.0. The lowest BCUT2D eigenvalue weighted by atomic mass is 10.3. The fourth-order valence-corrected chi connectivity index (χ4v) is 3.19. The van der Waals surface area contributed by atoms with Crippen molar-refractivity contribution in [2.45, 2.75) is 37.8 Å². The second-order valence-corrected chi connectivity index (χ2v) is 6.25. The number of rotatable bonds is 6. The molecule has 7 heteroatoms. The van der Waals surface area contributed by atoms with Crippen LogP contribution < -0.4 is 4.72 Å². The molecular formula is C13H18N4O2S. The van der Waals surface area contributed by atoms with Crippen LogP contribution in [0.3, 0.4) is 0 Å². The average Bonchev–Trinajstić information content (AvgIpc) is 2.88. The second-order valence-electron chi connectivity index (χ2n) is 4.54. The normalized spacial score (nSPS) is 13.3. The van der Waals surface area contributed by atoms with Gasteiger partial charge in [0.2, 0.25) is 10.0 Å². The molecule has 1 heterocycles. The monoisotopic (exact) mass is 294 g/mol. The lowest BCUT2D eigenvalue weighted by Crippen LogP contribution is -2.28. The summed E-state index contributed by atoms with van der Waals surface area (Å²) in [7, 11) is -3.55. The van der Waals surface area contributed by atoms with Crippen LogP contribution in [-0.4, -0.2) is 23.2 Å². The molecular weight excluding hydrogens is 276 g/mol. The Morgan fingerprint density at radius 1 is 1.30 bits per heavy atom. The van der Waals surface area contributed by atoms with Crippen LogP contribution in [0, 0.1) is 0 Å². The maximum atomic E-state index is 12.2. The van der Waals surface area contributed by atoms with Gasteiger partial charge in [-0.15, -0.1) is 10.2 Å². The molecule has 1 N–H and O–H groups in total. The molecule has 0 aliphatic carbocycles. The van der Waals surface area contributed by atoms with Gasteiger partial charge in [-0.25, -0.2) is 13.1 Å². The Morgan fingerprint density at radius 2 is 2.00 bits per heavy atom. The van der Waals surface area contributed by atoms with E-state index in [4.69, 9.17) is 0 Å². The van der Waals surface area contributed by atoms with Gasteiger partial charge in [0.1, 0.15) is 6.33 Å². The quantitative estimate of drug-likeness (QED) is 0.880. The number of aryl methyl sites for hydroxylation is 1. The van der Waals surface area contributed by atoms with Gasteiger partial charge in [0, 0.05) is 6.54 Å². The van der Waals surface area contributed by atoms with E-state index in [9.17, 15) is 8.42 Å². The molecule has 0 radical (unpaired) electrons. The highest BCUT2D eigenvalue weighted by Gasteiger charge is 2.21. The molecule has 2 rings (SSSR count). The molecule has 1 unspecified atom stereocenters. The number of hydrogen-bond donors (Lipinski definition) is 1. The Hall–Kier alpha value is -1.73. The Bertz CT molecular complexity index is 652. The predicted octanol–water partition coefficient (Wildman–Crippen LogP) is 1.73. The number of nitrogens with one attached hydrogen (secondary N) is 1. The van der Waals surface area contributed by atoms with Gasteiger partial charge >= 0.3 is 0 Å². The van der Waals surface area contributed by atoms with E-state index in [1.807, 2.05) is 11.5 Å². The van der Waals surface area contributed by atoms with Crippen molar-refractivity contribution in [1.29, 1.82) is 0 Å². The van der Waals surface area contributed by atoms with Crippen molar-refractivity contribution < 1.29 is 8.42 Å².